The second-order valence-corrected chi connectivity index (χ2v) is 6.30. The summed E-state index contributed by atoms with van der Waals surface area (Å²) in [6, 6.07) is 0. The Morgan fingerprint density at radius 3 is 2.74 bits per heavy atom. The molecule has 3 aromatic rings. The Kier molecular flexibility index (Phi) is 5.17. The Bertz CT molecular complexity index is 946. The fourth-order valence-electron chi connectivity index (χ4n) is 2.25. The quantitative estimate of drug-likeness (QED) is 0.687. The molecule has 0 spiro atoms. The van der Waals surface area contributed by atoms with Crippen LogP contribution in [0.25, 0.3) is 10.6 Å². The van der Waals surface area contributed by atoms with Crippen LogP contribution in [0, 0.1) is 0 Å². The predicted octanol–water partition coefficient (Wildman–Crippen LogP) is 3.05. The molecule has 0 bridgehead atoms. The van der Waals surface area contributed by atoms with Gasteiger partial charge in [-0.25, -0.2) is 4.98 Å². The highest BCUT2D eigenvalue weighted by atomic mass is 32.1. The molecule has 3 heterocycles. The molecule has 0 aromatic carbocycles. The van der Waals surface area contributed by atoms with Crippen molar-refractivity contribution in [2.24, 2.45) is 0 Å². The van der Waals surface area contributed by atoms with Gasteiger partial charge in [-0.05, 0) is 6.92 Å². The maximum Gasteiger partial charge on any atom is 0.408 e. The summed E-state index contributed by atoms with van der Waals surface area (Å²) in [6.07, 6.45) is 0.0762. The van der Waals surface area contributed by atoms with Crippen molar-refractivity contribution in [2.75, 3.05) is 12.4 Å². The molecule has 0 radical (unpaired) electrons. The van der Waals surface area contributed by atoms with Crippen LogP contribution in [-0.2, 0) is 13.1 Å². The van der Waals surface area contributed by atoms with Gasteiger partial charge in [0, 0.05) is 23.7 Å². The van der Waals surface area contributed by atoms with Gasteiger partial charge < -0.3 is 10.1 Å². The number of amides is 1. The second-order valence-electron chi connectivity index (χ2n) is 5.44. The number of thiazole rings is 1. The number of halogens is 3. The second kappa shape index (κ2) is 7.39. The molecule has 3 aromatic heterocycles. The smallest absolute Gasteiger partial charge is 0.408 e. The van der Waals surface area contributed by atoms with Gasteiger partial charge >= 0.3 is 6.18 Å². The molecule has 27 heavy (non-hydrogen) atoms. The highest BCUT2D eigenvalue weighted by Gasteiger charge is 2.29. The van der Waals surface area contributed by atoms with Crippen LogP contribution in [-0.4, -0.2) is 43.7 Å². The number of aryl methyl sites for hydroxylation is 1. The highest BCUT2D eigenvalue weighted by Crippen LogP contribution is 2.27. The zero-order valence-electron chi connectivity index (χ0n) is 14.3. The van der Waals surface area contributed by atoms with Gasteiger partial charge in [-0.1, -0.05) is 0 Å². The lowest BCUT2D eigenvalue weighted by atomic mass is 10.3. The molecule has 1 amide bonds. The number of ether oxygens (including phenoxy) is 1. The zero-order valence-corrected chi connectivity index (χ0v) is 15.1. The lowest BCUT2D eigenvalue weighted by Gasteiger charge is -2.04. The standard InChI is InChI=1S/C15H15F3N6O2S/c1-3-23-5-9(4-19-23)14-21-11(7-27-14)12(25)20-10-6-24(8-15(16,17)18)22-13(10)26-2/h4-7H,3,8H2,1-2H3,(H,20,25). The number of carbonyl (C=O) groups excluding carboxylic acids is 1. The van der Waals surface area contributed by atoms with Crippen molar-refractivity contribution in [2.45, 2.75) is 26.2 Å². The number of nitrogens with zero attached hydrogens (tertiary/aromatic N) is 5. The lowest BCUT2D eigenvalue weighted by molar-refractivity contribution is -0.142. The van der Waals surface area contributed by atoms with E-state index in [1.54, 1.807) is 16.3 Å². The average Bonchev–Trinajstić information content (AvgIpc) is 3.32. The van der Waals surface area contributed by atoms with E-state index in [4.69, 9.17) is 4.74 Å². The van der Waals surface area contributed by atoms with Crippen LogP contribution in [0.15, 0.2) is 24.0 Å². The van der Waals surface area contributed by atoms with E-state index in [9.17, 15) is 18.0 Å². The summed E-state index contributed by atoms with van der Waals surface area (Å²) < 4.78 is 44.8. The number of aromatic nitrogens is 5. The van der Waals surface area contributed by atoms with E-state index in [-0.39, 0.29) is 17.3 Å². The van der Waals surface area contributed by atoms with Crippen LogP contribution in [0.1, 0.15) is 17.4 Å². The Labute approximate surface area is 155 Å². The predicted molar refractivity (Wildman–Crippen MR) is 91.8 cm³/mol. The summed E-state index contributed by atoms with van der Waals surface area (Å²) in [5, 5.41) is 12.4. The van der Waals surface area contributed by atoms with Crippen LogP contribution in [0.3, 0.4) is 0 Å². The Morgan fingerprint density at radius 2 is 2.11 bits per heavy atom. The maximum atomic E-state index is 12.5. The minimum atomic E-state index is -4.44. The van der Waals surface area contributed by atoms with Crippen molar-refractivity contribution in [3.8, 4) is 16.5 Å². The van der Waals surface area contributed by atoms with E-state index in [2.05, 4.69) is 20.5 Å². The van der Waals surface area contributed by atoms with Crippen molar-refractivity contribution < 1.29 is 22.7 Å². The van der Waals surface area contributed by atoms with Crippen molar-refractivity contribution in [1.29, 1.82) is 0 Å². The van der Waals surface area contributed by atoms with Crippen LogP contribution in [0.2, 0.25) is 0 Å². The Balaban J connectivity index is 1.75. The first-order chi connectivity index (χ1) is 12.8. The first-order valence-electron chi connectivity index (χ1n) is 7.77. The highest BCUT2D eigenvalue weighted by molar-refractivity contribution is 7.13. The first kappa shape index (κ1) is 18.9. The zero-order chi connectivity index (χ0) is 19.6. The summed E-state index contributed by atoms with van der Waals surface area (Å²) in [4.78, 5) is 16.6. The number of nitrogens with one attached hydrogen (secondary N) is 1. The van der Waals surface area contributed by atoms with Crippen LogP contribution < -0.4 is 10.1 Å². The fourth-order valence-corrected chi connectivity index (χ4v) is 3.02. The Hall–Kier alpha value is -2.89. The number of alkyl halides is 3. The molecule has 3 rings (SSSR count). The summed E-state index contributed by atoms with van der Waals surface area (Å²) >= 11 is 1.26. The van der Waals surface area contributed by atoms with Crippen LogP contribution in [0.5, 0.6) is 5.88 Å². The van der Waals surface area contributed by atoms with E-state index in [1.807, 2.05) is 13.1 Å². The number of rotatable bonds is 6. The van der Waals surface area contributed by atoms with E-state index < -0.39 is 18.6 Å². The van der Waals surface area contributed by atoms with Gasteiger partial charge in [-0.3, -0.25) is 14.2 Å². The third-order valence-electron chi connectivity index (χ3n) is 3.45. The van der Waals surface area contributed by atoms with Gasteiger partial charge in [-0.2, -0.15) is 18.3 Å². The van der Waals surface area contributed by atoms with Gasteiger partial charge in [0.15, 0.2) is 0 Å². The van der Waals surface area contributed by atoms with Gasteiger partial charge in [0.05, 0.1) is 19.5 Å². The molecule has 0 saturated carbocycles. The lowest BCUT2D eigenvalue weighted by Crippen LogP contribution is -2.18. The molecular weight excluding hydrogens is 385 g/mol. The maximum absolute atomic E-state index is 12.5. The van der Waals surface area contributed by atoms with Crippen molar-refractivity contribution >= 4 is 22.9 Å². The summed E-state index contributed by atoms with van der Waals surface area (Å²) in [5.74, 6) is -0.697. The van der Waals surface area contributed by atoms with Crippen molar-refractivity contribution in [1.82, 2.24) is 24.5 Å². The molecule has 0 aliphatic heterocycles. The normalized spacial score (nSPS) is 11.6. The van der Waals surface area contributed by atoms with Crippen LogP contribution in [0.4, 0.5) is 18.9 Å². The van der Waals surface area contributed by atoms with Gasteiger partial charge in [0.25, 0.3) is 11.8 Å². The number of anilines is 1. The SMILES string of the molecule is CCn1cc(-c2nc(C(=O)Nc3cn(CC(F)(F)F)nc3OC)cs2)cn1. The van der Waals surface area contributed by atoms with Gasteiger partial charge in [0.1, 0.15) is 22.9 Å². The molecule has 0 fully saturated rings. The molecule has 0 aliphatic carbocycles. The molecule has 0 unspecified atom stereocenters. The van der Waals surface area contributed by atoms with Crippen molar-refractivity contribution in [3.05, 3.63) is 29.7 Å². The van der Waals surface area contributed by atoms with E-state index >= 15 is 0 Å². The molecular formula is C15H15F3N6O2S. The molecule has 1 N–H and O–H groups in total. The fraction of sp³-hybridized carbons (Fsp3) is 0.333. The summed E-state index contributed by atoms with van der Waals surface area (Å²) in [5.41, 5.74) is 0.932. The van der Waals surface area contributed by atoms with Crippen molar-refractivity contribution in [3.63, 3.8) is 0 Å². The minimum absolute atomic E-state index is 0.0279. The molecule has 0 aliphatic rings. The molecule has 144 valence electrons. The minimum Gasteiger partial charge on any atom is -0.478 e. The van der Waals surface area contributed by atoms with E-state index in [1.165, 1.54) is 18.4 Å². The van der Waals surface area contributed by atoms with E-state index in [0.717, 1.165) is 11.8 Å². The van der Waals surface area contributed by atoms with Crippen LogP contribution >= 0.6 is 11.3 Å². The molecule has 0 atom stereocenters. The third-order valence-corrected chi connectivity index (χ3v) is 4.34. The molecule has 8 nitrogen and oxygen atoms in total. The number of hydrogen-bond donors (Lipinski definition) is 1. The Morgan fingerprint density at radius 1 is 1.33 bits per heavy atom. The summed E-state index contributed by atoms with van der Waals surface area (Å²) in [7, 11) is 1.25. The number of carbonyl (C=O) groups is 1. The van der Waals surface area contributed by atoms with Gasteiger partial charge in [0.2, 0.25) is 0 Å². The topological polar surface area (TPSA) is 86.9 Å². The average molecular weight is 400 g/mol. The molecule has 12 heteroatoms. The molecule has 0 saturated heterocycles. The monoisotopic (exact) mass is 400 g/mol. The largest absolute Gasteiger partial charge is 0.478 e. The third kappa shape index (κ3) is 4.45. The first-order valence-corrected chi connectivity index (χ1v) is 8.65. The number of hydrogen-bond acceptors (Lipinski definition) is 6. The number of methoxy groups -OCH3 is 1. The van der Waals surface area contributed by atoms with E-state index in [0.29, 0.717) is 16.2 Å². The summed E-state index contributed by atoms with van der Waals surface area (Å²) in [6.45, 7) is 1.37. The van der Waals surface area contributed by atoms with Gasteiger partial charge in [-0.15, -0.1) is 16.4 Å².